The fourth-order valence-corrected chi connectivity index (χ4v) is 1.15. The van der Waals surface area contributed by atoms with E-state index in [4.69, 9.17) is 0 Å². The van der Waals surface area contributed by atoms with Crippen LogP contribution in [0.2, 0.25) is 0 Å². The first kappa shape index (κ1) is 11.2. The van der Waals surface area contributed by atoms with Crippen molar-refractivity contribution in [2.75, 3.05) is 0 Å². The summed E-state index contributed by atoms with van der Waals surface area (Å²) in [4.78, 5) is 18.2. The number of pyridine rings is 1. The molecule has 8 heteroatoms. The zero-order valence-corrected chi connectivity index (χ0v) is 8.22. The molecule has 2 aromatic rings. The summed E-state index contributed by atoms with van der Waals surface area (Å²) in [5.41, 5.74) is -0.513. The predicted molar refractivity (Wildman–Crippen MR) is 49.5 cm³/mol. The maximum atomic E-state index is 12.1. The summed E-state index contributed by atoms with van der Waals surface area (Å²) in [6, 6.07) is 2.30. The summed E-state index contributed by atoms with van der Waals surface area (Å²) in [7, 11) is 0. The summed E-state index contributed by atoms with van der Waals surface area (Å²) in [5.74, 6) is -1.64. The molecule has 0 radical (unpaired) electrons. The number of aromatic nitrogens is 4. The fraction of sp³-hybridized carbons (Fsp3) is 0.111. The number of alkyl halides is 3. The lowest BCUT2D eigenvalue weighted by Gasteiger charge is -2.05. The fourth-order valence-electron chi connectivity index (χ4n) is 1.15. The quantitative estimate of drug-likeness (QED) is 0.747. The van der Waals surface area contributed by atoms with Crippen LogP contribution in [0.5, 0.6) is 0 Å². The molecule has 0 atom stereocenters. The largest absolute Gasteiger partial charge is 0.454 e. The molecule has 0 bridgehead atoms. The molecule has 0 aliphatic heterocycles. The third-order valence-electron chi connectivity index (χ3n) is 1.92. The molecule has 0 amide bonds. The first-order valence-corrected chi connectivity index (χ1v) is 4.41. The second-order valence-corrected chi connectivity index (χ2v) is 3.07. The smallest absolute Gasteiger partial charge is 0.284 e. The molecule has 0 spiro atoms. The standard InChI is InChI=1S/C9H5F3N4O/c10-9(11,12)8(17)6-1-2-7(14-3-6)16-5-13-4-15-16/h1-5H. The van der Waals surface area contributed by atoms with Gasteiger partial charge in [-0.3, -0.25) is 4.79 Å². The van der Waals surface area contributed by atoms with Crippen molar-refractivity contribution in [2.24, 2.45) is 0 Å². The molecule has 0 N–H and O–H groups in total. The first-order chi connectivity index (χ1) is 7.98. The highest BCUT2D eigenvalue weighted by Crippen LogP contribution is 2.21. The summed E-state index contributed by atoms with van der Waals surface area (Å²) in [6.07, 6.45) is -1.44. The molecule has 0 aromatic carbocycles. The highest BCUT2D eigenvalue weighted by atomic mass is 19.4. The van der Waals surface area contributed by atoms with Crippen molar-refractivity contribution in [2.45, 2.75) is 6.18 Å². The molecule has 0 aliphatic rings. The molecule has 2 rings (SSSR count). The van der Waals surface area contributed by atoms with Crippen LogP contribution in [0.1, 0.15) is 10.4 Å². The maximum absolute atomic E-state index is 12.1. The van der Waals surface area contributed by atoms with E-state index in [0.29, 0.717) is 0 Å². The Morgan fingerprint density at radius 3 is 2.53 bits per heavy atom. The Morgan fingerprint density at radius 1 is 1.29 bits per heavy atom. The number of nitrogens with zero attached hydrogens (tertiary/aromatic N) is 4. The van der Waals surface area contributed by atoms with E-state index in [2.05, 4.69) is 15.1 Å². The van der Waals surface area contributed by atoms with E-state index in [1.54, 1.807) is 0 Å². The van der Waals surface area contributed by atoms with E-state index in [9.17, 15) is 18.0 Å². The Balaban J connectivity index is 2.28. The topological polar surface area (TPSA) is 60.7 Å². The van der Waals surface area contributed by atoms with E-state index in [-0.39, 0.29) is 5.82 Å². The van der Waals surface area contributed by atoms with Crippen LogP contribution in [0.15, 0.2) is 31.0 Å². The van der Waals surface area contributed by atoms with Crippen LogP contribution in [0, 0.1) is 0 Å². The minimum Gasteiger partial charge on any atom is -0.284 e. The molecular formula is C9H5F3N4O. The number of Topliss-reactive ketones (excluding diaryl/α,β-unsaturated/α-hetero) is 1. The molecule has 5 nitrogen and oxygen atoms in total. The van der Waals surface area contributed by atoms with E-state index in [1.165, 1.54) is 23.4 Å². The monoisotopic (exact) mass is 242 g/mol. The summed E-state index contributed by atoms with van der Waals surface area (Å²) >= 11 is 0. The van der Waals surface area contributed by atoms with Gasteiger partial charge < -0.3 is 0 Å². The van der Waals surface area contributed by atoms with Crippen LogP contribution < -0.4 is 0 Å². The lowest BCUT2D eigenvalue weighted by atomic mass is 10.2. The molecule has 0 aliphatic carbocycles. The molecule has 17 heavy (non-hydrogen) atoms. The van der Waals surface area contributed by atoms with Gasteiger partial charge in [0, 0.05) is 11.8 Å². The van der Waals surface area contributed by atoms with Crippen LogP contribution in [0.4, 0.5) is 13.2 Å². The van der Waals surface area contributed by atoms with Crippen molar-refractivity contribution < 1.29 is 18.0 Å². The van der Waals surface area contributed by atoms with Crippen molar-refractivity contribution in [3.63, 3.8) is 0 Å². The summed E-state index contributed by atoms with van der Waals surface area (Å²) < 4.78 is 37.6. The highest BCUT2D eigenvalue weighted by molar-refractivity contribution is 6.00. The van der Waals surface area contributed by atoms with Gasteiger partial charge >= 0.3 is 6.18 Å². The van der Waals surface area contributed by atoms with Gasteiger partial charge in [-0.25, -0.2) is 14.6 Å². The molecule has 2 aromatic heterocycles. The van der Waals surface area contributed by atoms with Gasteiger partial charge in [-0.2, -0.15) is 18.3 Å². The van der Waals surface area contributed by atoms with Gasteiger partial charge in [-0.05, 0) is 12.1 Å². The predicted octanol–water partition coefficient (Wildman–Crippen LogP) is 1.41. The Hall–Kier alpha value is -2.25. The third-order valence-corrected chi connectivity index (χ3v) is 1.92. The summed E-state index contributed by atoms with van der Waals surface area (Å²) in [6.45, 7) is 0. The Bertz CT molecular complexity index is 518. The van der Waals surface area contributed by atoms with Crippen molar-refractivity contribution in [1.82, 2.24) is 19.7 Å². The van der Waals surface area contributed by atoms with Crippen molar-refractivity contribution in [3.05, 3.63) is 36.5 Å². The third kappa shape index (κ3) is 2.30. The number of carbonyl (C=O) groups excluding carboxylic acids is 1. The van der Waals surface area contributed by atoms with Crippen LogP contribution in [0.25, 0.3) is 5.82 Å². The van der Waals surface area contributed by atoms with Gasteiger partial charge in [0.1, 0.15) is 12.7 Å². The number of halogens is 3. The van der Waals surface area contributed by atoms with Gasteiger partial charge in [-0.1, -0.05) is 0 Å². The van der Waals surface area contributed by atoms with Gasteiger partial charge in [0.25, 0.3) is 5.78 Å². The number of hydrogen-bond acceptors (Lipinski definition) is 4. The van der Waals surface area contributed by atoms with E-state index in [0.717, 1.165) is 12.3 Å². The van der Waals surface area contributed by atoms with Crippen LogP contribution >= 0.6 is 0 Å². The zero-order chi connectivity index (χ0) is 12.5. The van der Waals surface area contributed by atoms with Crippen LogP contribution in [-0.4, -0.2) is 31.7 Å². The van der Waals surface area contributed by atoms with Gasteiger partial charge in [-0.15, -0.1) is 0 Å². The number of rotatable bonds is 2. The van der Waals surface area contributed by atoms with E-state index in [1.807, 2.05) is 0 Å². The number of hydrogen-bond donors (Lipinski definition) is 0. The Morgan fingerprint density at radius 2 is 2.06 bits per heavy atom. The lowest BCUT2D eigenvalue weighted by molar-refractivity contribution is -0.0885. The number of carbonyl (C=O) groups is 1. The van der Waals surface area contributed by atoms with Crippen molar-refractivity contribution in [1.29, 1.82) is 0 Å². The van der Waals surface area contributed by atoms with Gasteiger partial charge in [0.05, 0.1) is 0 Å². The average molecular weight is 242 g/mol. The van der Waals surface area contributed by atoms with Gasteiger partial charge in [0.2, 0.25) is 0 Å². The Labute approximate surface area is 92.9 Å². The lowest BCUT2D eigenvalue weighted by Crippen LogP contribution is -2.22. The Kier molecular flexibility index (Phi) is 2.62. The molecule has 0 saturated heterocycles. The second kappa shape index (κ2) is 3.96. The van der Waals surface area contributed by atoms with Crippen LogP contribution in [-0.2, 0) is 0 Å². The van der Waals surface area contributed by atoms with Crippen LogP contribution in [0.3, 0.4) is 0 Å². The minimum atomic E-state index is -4.89. The molecule has 0 fully saturated rings. The molecular weight excluding hydrogens is 237 g/mol. The molecule has 88 valence electrons. The SMILES string of the molecule is O=C(c1ccc(-n2cncn2)nc1)C(F)(F)F. The minimum absolute atomic E-state index is 0.279. The molecule has 2 heterocycles. The zero-order valence-electron chi connectivity index (χ0n) is 8.22. The first-order valence-electron chi connectivity index (χ1n) is 4.41. The van der Waals surface area contributed by atoms with E-state index >= 15 is 0 Å². The molecule has 0 saturated carbocycles. The van der Waals surface area contributed by atoms with Crippen molar-refractivity contribution >= 4 is 5.78 Å². The summed E-state index contributed by atoms with van der Waals surface area (Å²) in [5, 5.41) is 3.75. The molecule has 0 unspecified atom stereocenters. The number of ketones is 1. The average Bonchev–Trinajstić information content (AvgIpc) is 2.80. The van der Waals surface area contributed by atoms with Crippen molar-refractivity contribution in [3.8, 4) is 5.82 Å². The second-order valence-electron chi connectivity index (χ2n) is 3.07. The highest BCUT2D eigenvalue weighted by Gasteiger charge is 2.39. The normalized spacial score (nSPS) is 11.5. The maximum Gasteiger partial charge on any atom is 0.454 e. The van der Waals surface area contributed by atoms with Gasteiger partial charge in [0.15, 0.2) is 5.82 Å². The van der Waals surface area contributed by atoms with E-state index < -0.39 is 17.5 Å².